The lowest BCUT2D eigenvalue weighted by molar-refractivity contribution is 0.119. The van der Waals surface area contributed by atoms with Crippen LogP contribution in [0.3, 0.4) is 0 Å². The average Bonchev–Trinajstić information content (AvgIpc) is 1.84. The van der Waals surface area contributed by atoms with Crippen molar-refractivity contribution < 1.29 is 18.9 Å². The van der Waals surface area contributed by atoms with Gasteiger partial charge in [0.25, 0.3) is 0 Å². The van der Waals surface area contributed by atoms with Crippen LogP contribution in [0.2, 0.25) is 0 Å². The van der Waals surface area contributed by atoms with Gasteiger partial charge in [0.2, 0.25) is 0 Å². The fraction of sp³-hybridized carbons (Fsp3) is 1.00. The van der Waals surface area contributed by atoms with Gasteiger partial charge in [-0.3, -0.25) is 4.52 Å². The van der Waals surface area contributed by atoms with Crippen molar-refractivity contribution in [2.45, 2.75) is 45.6 Å². The van der Waals surface area contributed by atoms with Crippen molar-refractivity contribution in [2.75, 3.05) is 0 Å². The van der Waals surface area contributed by atoms with Crippen molar-refractivity contribution >= 4 is 7.82 Å². The maximum Gasteiger partial charge on any atom is 0.469 e. The zero-order valence-electron chi connectivity index (χ0n) is 7.56. The first-order valence-corrected chi connectivity index (χ1v) is 5.76. The predicted molar refractivity (Wildman–Crippen MR) is 46.7 cm³/mol. The molecule has 0 aromatic heterocycles. The van der Waals surface area contributed by atoms with Gasteiger partial charge in [-0.05, 0) is 12.8 Å². The molecule has 0 amide bonds. The fourth-order valence-corrected chi connectivity index (χ4v) is 1.69. The minimum absolute atomic E-state index is 0.291. The molecule has 0 aliphatic heterocycles. The Kier molecular flexibility index (Phi) is 5.76. The maximum atomic E-state index is 10.5. The number of hydrogen-bond donors (Lipinski definition) is 2. The van der Waals surface area contributed by atoms with Gasteiger partial charge in [-0.2, -0.15) is 0 Å². The lowest BCUT2D eigenvalue weighted by atomic mass is 10.1. The lowest BCUT2D eigenvalue weighted by Gasteiger charge is -2.16. The second kappa shape index (κ2) is 5.70. The van der Waals surface area contributed by atoms with Crippen molar-refractivity contribution in [3.05, 3.63) is 0 Å². The molecule has 0 bridgehead atoms. The molecule has 0 saturated heterocycles. The summed E-state index contributed by atoms with van der Waals surface area (Å²) in [6.07, 6.45) is 2.88. The maximum absolute atomic E-state index is 10.5. The van der Waals surface area contributed by atoms with Crippen LogP contribution in [0.1, 0.15) is 39.5 Å². The minimum Gasteiger partial charge on any atom is -0.303 e. The van der Waals surface area contributed by atoms with Crippen molar-refractivity contribution in [3.63, 3.8) is 0 Å². The van der Waals surface area contributed by atoms with E-state index < -0.39 is 7.82 Å². The Morgan fingerprint density at radius 1 is 1.25 bits per heavy atom. The zero-order valence-corrected chi connectivity index (χ0v) is 8.46. The number of phosphoric ester groups is 1. The van der Waals surface area contributed by atoms with E-state index in [1.54, 1.807) is 0 Å². The summed E-state index contributed by atoms with van der Waals surface area (Å²) in [7, 11) is -4.28. The van der Waals surface area contributed by atoms with Gasteiger partial charge < -0.3 is 9.79 Å². The van der Waals surface area contributed by atoms with Crippen molar-refractivity contribution in [2.24, 2.45) is 0 Å². The van der Waals surface area contributed by atoms with E-state index in [0.29, 0.717) is 12.8 Å². The van der Waals surface area contributed by atoms with Gasteiger partial charge in [0.1, 0.15) is 0 Å². The van der Waals surface area contributed by atoms with E-state index in [4.69, 9.17) is 9.79 Å². The highest BCUT2D eigenvalue weighted by Crippen LogP contribution is 2.39. The van der Waals surface area contributed by atoms with Crippen molar-refractivity contribution in [1.29, 1.82) is 0 Å². The zero-order chi connectivity index (χ0) is 9.61. The number of rotatable bonds is 6. The summed E-state index contributed by atoms with van der Waals surface area (Å²) in [5.74, 6) is 0. The first kappa shape index (κ1) is 12.1. The van der Waals surface area contributed by atoms with Gasteiger partial charge >= 0.3 is 7.82 Å². The van der Waals surface area contributed by atoms with Crippen LogP contribution >= 0.6 is 7.82 Å². The van der Waals surface area contributed by atoms with Crippen LogP contribution in [-0.4, -0.2) is 15.9 Å². The molecule has 2 N–H and O–H groups in total. The van der Waals surface area contributed by atoms with Crippen molar-refractivity contribution in [3.8, 4) is 0 Å². The van der Waals surface area contributed by atoms with E-state index in [2.05, 4.69) is 4.52 Å². The quantitative estimate of drug-likeness (QED) is 0.638. The normalized spacial score (nSPS) is 12.4. The Labute approximate surface area is 73.2 Å². The monoisotopic (exact) mass is 196 g/mol. The molecule has 0 aliphatic carbocycles. The molecule has 0 fully saturated rings. The number of phosphoric acid groups is 1. The van der Waals surface area contributed by atoms with Gasteiger partial charge in [0.05, 0.1) is 6.10 Å². The van der Waals surface area contributed by atoms with Crippen LogP contribution in [-0.2, 0) is 9.09 Å². The Morgan fingerprint density at radius 2 is 1.67 bits per heavy atom. The molecule has 5 heteroatoms. The molecule has 4 nitrogen and oxygen atoms in total. The third kappa shape index (κ3) is 6.80. The predicted octanol–water partition coefficient (Wildman–Crippen LogP) is 2.06. The van der Waals surface area contributed by atoms with Crippen LogP contribution in [0, 0.1) is 0 Å². The molecule has 0 radical (unpaired) electrons. The molecule has 0 heterocycles. The van der Waals surface area contributed by atoms with Crippen LogP contribution < -0.4 is 0 Å². The summed E-state index contributed by atoms with van der Waals surface area (Å²) in [4.78, 5) is 17.1. The highest BCUT2D eigenvalue weighted by molar-refractivity contribution is 7.46. The average molecular weight is 196 g/mol. The third-order valence-corrected chi connectivity index (χ3v) is 2.08. The van der Waals surface area contributed by atoms with Gasteiger partial charge in [0, 0.05) is 0 Å². The Balaban J connectivity index is 3.86. The molecule has 12 heavy (non-hydrogen) atoms. The highest BCUT2D eigenvalue weighted by Gasteiger charge is 2.20. The van der Waals surface area contributed by atoms with Crippen LogP contribution in [0.15, 0.2) is 0 Å². The van der Waals surface area contributed by atoms with E-state index in [9.17, 15) is 4.57 Å². The highest BCUT2D eigenvalue weighted by atomic mass is 31.2. The molecule has 0 rings (SSSR count). The summed E-state index contributed by atoms with van der Waals surface area (Å²) in [5, 5.41) is 0. The van der Waals surface area contributed by atoms with Crippen LogP contribution in [0.5, 0.6) is 0 Å². The van der Waals surface area contributed by atoms with E-state index in [-0.39, 0.29) is 6.10 Å². The van der Waals surface area contributed by atoms with Crippen molar-refractivity contribution in [1.82, 2.24) is 0 Å². The molecular formula is C7H17O4P. The van der Waals surface area contributed by atoms with Gasteiger partial charge in [0.15, 0.2) is 0 Å². The Bertz CT molecular complexity index is 147. The molecule has 74 valence electrons. The van der Waals surface area contributed by atoms with E-state index in [1.807, 2.05) is 13.8 Å². The molecule has 0 spiro atoms. The van der Waals surface area contributed by atoms with E-state index >= 15 is 0 Å². The van der Waals surface area contributed by atoms with Crippen LogP contribution in [0.4, 0.5) is 0 Å². The molecule has 0 aliphatic rings. The first-order chi connectivity index (χ1) is 5.49. The van der Waals surface area contributed by atoms with Gasteiger partial charge in [-0.15, -0.1) is 0 Å². The SMILES string of the molecule is CCCC(CCC)OP(=O)(O)O. The summed E-state index contributed by atoms with van der Waals surface area (Å²) in [6.45, 7) is 3.93. The summed E-state index contributed by atoms with van der Waals surface area (Å²) < 4.78 is 15.0. The summed E-state index contributed by atoms with van der Waals surface area (Å²) >= 11 is 0. The second-order valence-electron chi connectivity index (χ2n) is 2.80. The fourth-order valence-electron chi connectivity index (χ4n) is 1.09. The molecular weight excluding hydrogens is 179 g/mol. The third-order valence-electron chi connectivity index (χ3n) is 1.51. The lowest BCUT2D eigenvalue weighted by Crippen LogP contribution is -2.10. The molecule has 0 aromatic carbocycles. The standard InChI is InChI=1S/C7H17O4P/c1-3-5-7(6-4-2)11-12(8,9)10/h7H,3-6H2,1-2H3,(H2,8,9,10). The first-order valence-electron chi connectivity index (χ1n) is 4.23. The molecule has 0 saturated carbocycles. The smallest absolute Gasteiger partial charge is 0.303 e. The summed E-state index contributed by atoms with van der Waals surface area (Å²) in [6, 6.07) is 0. The Hall–Kier alpha value is 0.110. The van der Waals surface area contributed by atoms with E-state index in [0.717, 1.165) is 12.8 Å². The number of hydrogen-bond acceptors (Lipinski definition) is 2. The topological polar surface area (TPSA) is 66.8 Å². The molecule has 0 aromatic rings. The Morgan fingerprint density at radius 3 is 1.92 bits per heavy atom. The van der Waals surface area contributed by atoms with Crippen LogP contribution in [0.25, 0.3) is 0 Å². The summed E-state index contributed by atoms with van der Waals surface area (Å²) in [5.41, 5.74) is 0. The van der Waals surface area contributed by atoms with Gasteiger partial charge in [-0.25, -0.2) is 4.57 Å². The molecule has 0 unspecified atom stereocenters. The van der Waals surface area contributed by atoms with Gasteiger partial charge in [-0.1, -0.05) is 26.7 Å². The molecule has 0 atom stereocenters. The van der Waals surface area contributed by atoms with E-state index in [1.165, 1.54) is 0 Å². The largest absolute Gasteiger partial charge is 0.469 e. The second-order valence-corrected chi connectivity index (χ2v) is 3.99. The minimum atomic E-state index is -4.28.